The standard InChI is InChI=1S/C21H24ClF2N3O2/c22-16-2-1-3-17-19(16)15(12-27(17)11-14-4-5-18(28)26-14)20(29)25-10-13-6-8-21(23,24)9-7-13/h1-3,12-14H,4-11H2,(H,25,29)(H,26,28). The molecule has 2 heterocycles. The Morgan fingerprint density at radius 2 is 2.03 bits per heavy atom. The smallest absolute Gasteiger partial charge is 0.253 e. The maximum absolute atomic E-state index is 13.3. The number of hydrogen-bond acceptors (Lipinski definition) is 2. The van der Waals surface area contributed by atoms with Crippen LogP contribution in [0, 0.1) is 5.92 Å². The van der Waals surface area contributed by atoms with Crippen LogP contribution in [0.4, 0.5) is 8.78 Å². The lowest BCUT2D eigenvalue weighted by Gasteiger charge is -2.28. The number of benzene rings is 1. The van der Waals surface area contributed by atoms with Crippen LogP contribution in [0.2, 0.25) is 5.02 Å². The average molecular weight is 424 g/mol. The highest BCUT2D eigenvalue weighted by Gasteiger charge is 2.35. The SMILES string of the molecule is O=C1CCC(Cn2cc(C(=O)NCC3CCC(F)(F)CC3)c3c(Cl)cccc32)N1. The number of nitrogens with zero attached hydrogens (tertiary/aromatic N) is 1. The van der Waals surface area contributed by atoms with Crippen LogP contribution < -0.4 is 10.6 Å². The van der Waals surface area contributed by atoms with Crippen molar-refractivity contribution in [1.82, 2.24) is 15.2 Å². The van der Waals surface area contributed by atoms with Crippen LogP contribution >= 0.6 is 11.6 Å². The Morgan fingerprint density at radius 3 is 2.72 bits per heavy atom. The van der Waals surface area contributed by atoms with Crippen molar-refractivity contribution in [1.29, 1.82) is 0 Å². The molecule has 2 N–H and O–H groups in total. The summed E-state index contributed by atoms with van der Waals surface area (Å²) < 4.78 is 28.6. The third-order valence-electron chi connectivity index (χ3n) is 5.99. The second-order valence-corrected chi connectivity index (χ2v) is 8.55. The number of fused-ring (bicyclic) bond motifs is 1. The van der Waals surface area contributed by atoms with Gasteiger partial charge in [-0.05, 0) is 37.3 Å². The monoisotopic (exact) mass is 423 g/mol. The van der Waals surface area contributed by atoms with E-state index in [4.69, 9.17) is 11.6 Å². The molecule has 0 spiro atoms. The third kappa shape index (κ3) is 4.39. The molecule has 2 aromatic rings. The Bertz CT molecular complexity index is 933. The molecule has 2 fully saturated rings. The number of halogens is 3. The van der Waals surface area contributed by atoms with Crippen molar-refractivity contribution in [3.63, 3.8) is 0 Å². The van der Waals surface area contributed by atoms with Crippen molar-refractivity contribution >= 4 is 34.3 Å². The van der Waals surface area contributed by atoms with Crippen molar-refractivity contribution in [3.8, 4) is 0 Å². The van der Waals surface area contributed by atoms with Crippen LogP contribution in [0.25, 0.3) is 10.9 Å². The fourth-order valence-corrected chi connectivity index (χ4v) is 4.59. The largest absolute Gasteiger partial charge is 0.352 e. The first-order chi connectivity index (χ1) is 13.8. The van der Waals surface area contributed by atoms with E-state index in [-0.39, 0.29) is 36.6 Å². The molecular weight excluding hydrogens is 400 g/mol. The van der Waals surface area contributed by atoms with Gasteiger partial charge in [-0.2, -0.15) is 0 Å². The predicted octanol–water partition coefficient (Wildman–Crippen LogP) is 4.13. The summed E-state index contributed by atoms with van der Waals surface area (Å²) >= 11 is 6.39. The number of hydrogen-bond donors (Lipinski definition) is 2. The van der Waals surface area contributed by atoms with Gasteiger partial charge in [-0.25, -0.2) is 8.78 Å². The maximum atomic E-state index is 13.3. The highest BCUT2D eigenvalue weighted by Crippen LogP contribution is 2.36. The molecule has 1 saturated carbocycles. The van der Waals surface area contributed by atoms with E-state index in [1.807, 2.05) is 16.7 Å². The van der Waals surface area contributed by atoms with Gasteiger partial charge in [-0.1, -0.05) is 17.7 Å². The quantitative estimate of drug-likeness (QED) is 0.759. The van der Waals surface area contributed by atoms with Crippen LogP contribution in [-0.2, 0) is 11.3 Å². The van der Waals surface area contributed by atoms with Crippen LogP contribution in [0.1, 0.15) is 48.9 Å². The Balaban J connectivity index is 1.50. The molecule has 1 saturated heterocycles. The van der Waals surface area contributed by atoms with Crippen molar-refractivity contribution in [2.45, 2.75) is 57.0 Å². The molecule has 1 atom stereocenters. The van der Waals surface area contributed by atoms with E-state index in [2.05, 4.69) is 10.6 Å². The molecule has 2 aliphatic rings. The molecule has 1 aromatic heterocycles. The highest BCUT2D eigenvalue weighted by atomic mass is 35.5. The molecule has 8 heteroatoms. The zero-order valence-electron chi connectivity index (χ0n) is 16.0. The molecular formula is C21H24ClF2N3O2. The molecule has 1 aliphatic carbocycles. The number of alkyl halides is 2. The second-order valence-electron chi connectivity index (χ2n) is 8.14. The van der Waals surface area contributed by atoms with E-state index >= 15 is 0 Å². The number of carbonyl (C=O) groups is 2. The van der Waals surface area contributed by atoms with E-state index in [1.54, 1.807) is 12.3 Å². The molecule has 0 bridgehead atoms. The van der Waals surface area contributed by atoms with Gasteiger partial charge in [0, 0.05) is 50.0 Å². The minimum atomic E-state index is -2.57. The number of rotatable bonds is 5. The Hall–Kier alpha value is -2.15. The van der Waals surface area contributed by atoms with Gasteiger partial charge >= 0.3 is 0 Å². The van der Waals surface area contributed by atoms with Crippen molar-refractivity contribution in [3.05, 3.63) is 35.0 Å². The fourth-order valence-electron chi connectivity index (χ4n) is 4.32. The van der Waals surface area contributed by atoms with Crippen molar-refractivity contribution < 1.29 is 18.4 Å². The van der Waals surface area contributed by atoms with Crippen LogP contribution in [-0.4, -0.2) is 34.9 Å². The summed E-state index contributed by atoms with van der Waals surface area (Å²) in [5, 5.41) is 7.00. The second kappa shape index (κ2) is 7.94. The summed E-state index contributed by atoms with van der Waals surface area (Å²) in [6.45, 7) is 0.943. The molecule has 0 radical (unpaired) electrons. The van der Waals surface area contributed by atoms with Gasteiger partial charge in [-0.15, -0.1) is 0 Å². The summed E-state index contributed by atoms with van der Waals surface area (Å²) in [6.07, 6.45) is 3.63. The summed E-state index contributed by atoms with van der Waals surface area (Å²) in [7, 11) is 0. The molecule has 2 amide bonds. The molecule has 5 nitrogen and oxygen atoms in total. The van der Waals surface area contributed by atoms with Crippen LogP contribution in [0.5, 0.6) is 0 Å². The molecule has 4 rings (SSSR count). The van der Waals surface area contributed by atoms with Gasteiger partial charge in [0.1, 0.15) is 0 Å². The lowest BCUT2D eigenvalue weighted by molar-refractivity contribution is -0.119. The lowest BCUT2D eigenvalue weighted by Crippen LogP contribution is -2.33. The zero-order valence-corrected chi connectivity index (χ0v) is 16.8. The summed E-state index contributed by atoms with van der Waals surface area (Å²) in [6, 6.07) is 5.50. The van der Waals surface area contributed by atoms with Crippen molar-refractivity contribution in [2.24, 2.45) is 5.92 Å². The Morgan fingerprint density at radius 1 is 1.28 bits per heavy atom. The molecule has 1 aliphatic heterocycles. The summed E-state index contributed by atoms with van der Waals surface area (Å²) in [4.78, 5) is 24.4. The lowest BCUT2D eigenvalue weighted by atomic mass is 9.87. The van der Waals surface area contributed by atoms with Gasteiger partial charge in [0.2, 0.25) is 11.8 Å². The fraction of sp³-hybridized carbons (Fsp3) is 0.524. The van der Waals surface area contributed by atoms with E-state index < -0.39 is 5.92 Å². The first-order valence-electron chi connectivity index (χ1n) is 10.1. The number of amides is 2. The topological polar surface area (TPSA) is 63.1 Å². The summed E-state index contributed by atoms with van der Waals surface area (Å²) in [5.41, 5.74) is 1.30. The first kappa shape index (κ1) is 20.1. The van der Waals surface area contributed by atoms with E-state index in [0.717, 1.165) is 11.9 Å². The molecule has 29 heavy (non-hydrogen) atoms. The van der Waals surface area contributed by atoms with Crippen LogP contribution in [0.15, 0.2) is 24.4 Å². The third-order valence-corrected chi connectivity index (χ3v) is 6.30. The minimum Gasteiger partial charge on any atom is -0.352 e. The summed E-state index contributed by atoms with van der Waals surface area (Å²) in [5.74, 6) is -2.72. The first-order valence-corrected chi connectivity index (χ1v) is 10.4. The maximum Gasteiger partial charge on any atom is 0.253 e. The van der Waals surface area contributed by atoms with Gasteiger partial charge in [-0.3, -0.25) is 9.59 Å². The van der Waals surface area contributed by atoms with Crippen LogP contribution in [0.3, 0.4) is 0 Å². The van der Waals surface area contributed by atoms with Gasteiger partial charge in [0.15, 0.2) is 0 Å². The van der Waals surface area contributed by atoms with E-state index in [0.29, 0.717) is 48.3 Å². The Labute approximate surface area is 172 Å². The highest BCUT2D eigenvalue weighted by molar-refractivity contribution is 6.36. The minimum absolute atomic E-state index is 0.0249. The van der Waals surface area contributed by atoms with Gasteiger partial charge < -0.3 is 15.2 Å². The predicted molar refractivity (Wildman–Crippen MR) is 107 cm³/mol. The molecule has 1 aromatic carbocycles. The molecule has 1 unspecified atom stereocenters. The number of aromatic nitrogens is 1. The molecule has 156 valence electrons. The normalized spacial score (nSPS) is 22.0. The van der Waals surface area contributed by atoms with Gasteiger partial charge in [0.25, 0.3) is 5.91 Å². The number of carbonyl (C=O) groups excluding carboxylic acids is 2. The van der Waals surface area contributed by atoms with Crippen molar-refractivity contribution in [2.75, 3.05) is 6.54 Å². The zero-order chi connectivity index (χ0) is 20.6. The van der Waals surface area contributed by atoms with E-state index in [1.165, 1.54) is 0 Å². The van der Waals surface area contributed by atoms with Gasteiger partial charge in [0.05, 0.1) is 16.1 Å². The average Bonchev–Trinajstić information content (AvgIpc) is 3.25. The van der Waals surface area contributed by atoms with E-state index in [9.17, 15) is 18.4 Å². The Kier molecular flexibility index (Phi) is 5.51. The number of nitrogens with one attached hydrogen (secondary N) is 2.